The normalized spacial score (nSPS) is 11.5. The van der Waals surface area contributed by atoms with Crippen molar-refractivity contribution in [1.82, 2.24) is 4.90 Å². The molecule has 118 valence electrons. The maximum Gasteiger partial charge on any atom is 0.406 e. The molecule has 0 atom stereocenters. The first-order valence-corrected chi connectivity index (χ1v) is 7.41. The van der Waals surface area contributed by atoms with Crippen molar-refractivity contribution in [1.29, 1.82) is 0 Å². The van der Waals surface area contributed by atoms with E-state index in [1.807, 2.05) is 0 Å². The molecule has 2 rings (SSSR count). The number of thiophene rings is 1. The monoisotopic (exact) mass is 351 g/mol. The number of carbonyl (C=O) groups excluding carboxylic acids is 1. The molecule has 2 aromatic rings. The molecule has 1 amide bonds. The first-order chi connectivity index (χ1) is 10.3. The van der Waals surface area contributed by atoms with Crippen LogP contribution in [-0.2, 0) is 6.54 Å². The van der Waals surface area contributed by atoms with E-state index in [1.165, 1.54) is 23.5 Å². The van der Waals surface area contributed by atoms with Crippen LogP contribution in [0.5, 0.6) is 0 Å². The number of nitrogens with zero attached hydrogens (tertiary/aromatic N) is 1. The summed E-state index contributed by atoms with van der Waals surface area (Å²) in [4.78, 5) is 12.8. The summed E-state index contributed by atoms with van der Waals surface area (Å²) in [7, 11) is 0. The van der Waals surface area contributed by atoms with Crippen molar-refractivity contribution in [3.8, 4) is 0 Å². The van der Waals surface area contributed by atoms with Crippen LogP contribution in [0.2, 0.25) is 5.02 Å². The fraction of sp³-hybridized carbons (Fsp3) is 0.214. The zero-order chi connectivity index (χ0) is 16.3. The quantitative estimate of drug-likeness (QED) is 0.728. The number of hydrogen-bond donors (Lipinski definition) is 0. The molecule has 0 unspecified atom stereocenters. The Kier molecular flexibility index (Phi) is 5.08. The summed E-state index contributed by atoms with van der Waals surface area (Å²) in [6.07, 6.45) is -4.59. The average Bonchev–Trinajstić information content (AvgIpc) is 2.89. The molecular weight excluding hydrogens is 342 g/mol. The smallest absolute Gasteiger partial charge is 0.325 e. The Balaban J connectivity index is 2.33. The van der Waals surface area contributed by atoms with E-state index in [2.05, 4.69) is 0 Å². The molecule has 0 saturated carbocycles. The van der Waals surface area contributed by atoms with E-state index in [1.54, 1.807) is 16.8 Å². The van der Waals surface area contributed by atoms with Crippen LogP contribution in [0, 0.1) is 5.82 Å². The molecule has 0 saturated heterocycles. The Bertz CT molecular complexity index is 637. The van der Waals surface area contributed by atoms with E-state index in [-0.39, 0.29) is 11.6 Å². The lowest BCUT2D eigenvalue weighted by Crippen LogP contribution is -2.39. The number of alkyl halides is 3. The van der Waals surface area contributed by atoms with Crippen molar-refractivity contribution in [3.05, 3.63) is 57.0 Å². The highest BCUT2D eigenvalue weighted by atomic mass is 35.5. The summed E-state index contributed by atoms with van der Waals surface area (Å²) in [5.41, 5.74) is -0.0151. The van der Waals surface area contributed by atoms with Gasteiger partial charge in [-0.2, -0.15) is 24.5 Å². The SMILES string of the molecule is O=C(c1c(F)cccc1Cl)N(Cc1ccsc1)CC(F)(F)F. The van der Waals surface area contributed by atoms with E-state index in [0.717, 1.165) is 6.07 Å². The molecule has 0 N–H and O–H groups in total. The third-order valence-corrected chi connectivity index (χ3v) is 3.83. The Morgan fingerprint density at radius 3 is 2.55 bits per heavy atom. The Hall–Kier alpha value is -1.60. The van der Waals surface area contributed by atoms with Gasteiger partial charge in [0.05, 0.1) is 10.6 Å². The van der Waals surface area contributed by atoms with Gasteiger partial charge < -0.3 is 4.90 Å². The minimum Gasteiger partial charge on any atom is -0.325 e. The topological polar surface area (TPSA) is 20.3 Å². The van der Waals surface area contributed by atoms with E-state index in [0.29, 0.717) is 10.5 Å². The predicted octanol–water partition coefficient (Wildman–Crippen LogP) is 4.75. The third-order valence-electron chi connectivity index (χ3n) is 2.79. The Morgan fingerprint density at radius 1 is 1.27 bits per heavy atom. The summed E-state index contributed by atoms with van der Waals surface area (Å²) in [6, 6.07) is 5.12. The van der Waals surface area contributed by atoms with Gasteiger partial charge in [0.15, 0.2) is 0 Å². The maximum atomic E-state index is 13.8. The van der Waals surface area contributed by atoms with Crippen molar-refractivity contribution in [2.45, 2.75) is 12.7 Å². The van der Waals surface area contributed by atoms with E-state index in [4.69, 9.17) is 11.6 Å². The van der Waals surface area contributed by atoms with Gasteiger partial charge in [0.1, 0.15) is 12.4 Å². The van der Waals surface area contributed by atoms with Gasteiger partial charge in [-0.05, 0) is 34.5 Å². The average molecular weight is 352 g/mol. The van der Waals surface area contributed by atoms with Crippen LogP contribution in [0.3, 0.4) is 0 Å². The summed E-state index contributed by atoms with van der Waals surface area (Å²) in [5.74, 6) is -2.04. The maximum absolute atomic E-state index is 13.8. The van der Waals surface area contributed by atoms with Gasteiger partial charge in [0.25, 0.3) is 5.91 Å². The van der Waals surface area contributed by atoms with Crippen molar-refractivity contribution < 1.29 is 22.4 Å². The summed E-state index contributed by atoms with van der Waals surface area (Å²) in [6.45, 7) is -1.75. The number of benzene rings is 1. The molecule has 1 heterocycles. The number of hydrogen-bond acceptors (Lipinski definition) is 2. The lowest BCUT2D eigenvalue weighted by molar-refractivity contribution is -0.141. The second-order valence-electron chi connectivity index (χ2n) is 4.50. The molecule has 0 spiro atoms. The minimum absolute atomic E-state index is 0.220. The number of rotatable bonds is 4. The highest BCUT2D eigenvalue weighted by molar-refractivity contribution is 7.07. The van der Waals surface area contributed by atoms with Crippen LogP contribution in [0.4, 0.5) is 17.6 Å². The van der Waals surface area contributed by atoms with Crippen LogP contribution in [0.25, 0.3) is 0 Å². The molecule has 22 heavy (non-hydrogen) atoms. The van der Waals surface area contributed by atoms with Crippen LogP contribution in [0.15, 0.2) is 35.0 Å². The summed E-state index contributed by atoms with van der Waals surface area (Å²) < 4.78 is 51.8. The molecule has 0 aliphatic rings. The summed E-state index contributed by atoms with van der Waals surface area (Å²) >= 11 is 7.05. The molecular formula is C14H10ClF4NOS. The van der Waals surface area contributed by atoms with Gasteiger partial charge in [-0.1, -0.05) is 17.7 Å². The van der Waals surface area contributed by atoms with E-state index >= 15 is 0 Å². The van der Waals surface area contributed by atoms with Gasteiger partial charge in [-0.3, -0.25) is 4.79 Å². The highest BCUT2D eigenvalue weighted by Crippen LogP contribution is 2.25. The zero-order valence-corrected chi connectivity index (χ0v) is 12.6. The van der Waals surface area contributed by atoms with Crippen LogP contribution in [0.1, 0.15) is 15.9 Å². The standard InChI is InChI=1S/C14H10ClF4NOS/c15-10-2-1-3-11(16)12(10)13(21)20(8-14(17,18)19)6-9-4-5-22-7-9/h1-5,7H,6,8H2. The van der Waals surface area contributed by atoms with Crippen molar-refractivity contribution in [2.24, 2.45) is 0 Å². The second kappa shape index (κ2) is 6.66. The van der Waals surface area contributed by atoms with E-state index in [9.17, 15) is 22.4 Å². The molecule has 2 nitrogen and oxygen atoms in total. The largest absolute Gasteiger partial charge is 0.406 e. The van der Waals surface area contributed by atoms with Crippen LogP contribution < -0.4 is 0 Å². The van der Waals surface area contributed by atoms with Crippen molar-refractivity contribution in [2.75, 3.05) is 6.54 Å². The fourth-order valence-electron chi connectivity index (χ4n) is 1.88. The number of halogens is 5. The molecule has 8 heteroatoms. The van der Waals surface area contributed by atoms with Gasteiger partial charge in [0.2, 0.25) is 0 Å². The van der Waals surface area contributed by atoms with Crippen molar-refractivity contribution in [3.63, 3.8) is 0 Å². The third kappa shape index (κ3) is 4.20. The van der Waals surface area contributed by atoms with Gasteiger partial charge in [-0.15, -0.1) is 0 Å². The number of amides is 1. The molecule has 0 radical (unpaired) electrons. The van der Waals surface area contributed by atoms with Crippen LogP contribution >= 0.6 is 22.9 Å². The molecule has 1 aromatic heterocycles. The first-order valence-electron chi connectivity index (χ1n) is 6.09. The Labute approximate surface area is 132 Å². The predicted molar refractivity (Wildman–Crippen MR) is 76.5 cm³/mol. The minimum atomic E-state index is -4.59. The molecule has 0 aliphatic heterocycles. The fourth-order valence-corrected chi connectivity index (χ4v) is 2.78. The van der Waals surface area contributed by atoms with Gasteiger partial charge in [0, 0.05) is 6.54 Å². The zero-order valence-electron chi connectivity index (χ0n) is 11.0. The first kappa shape index (κ1) is 16.8. The second-order valence-corrected chi connectivity index (χ2v) is 5.69. The Morgan fingerprint density at radius 2 is 2.00 bits per heavy atom. The molecule has 0 aliphatic carbocycles. The van der Waals surface area contributed by atoms with Gasteiger partial charge in [-0.25, -0.2) is 4.39 Å². The molecule has 1 aromatic carbocycles. The lowest BCUT2D eigenvalue weighted by atomic mass is 10.1. The number of carbonyl (C=O) groups is 1. The highest BCUT2D eigenvalue weighted by Gasteiger charge is 2.34. The van der Waals surface area contributed by atoms with Gasteiger partial charge >= 0.3 is 6.18 Å². The lowest BCUT2D eigenvalue weighted by Gasteiger charge is -2.24. The van der Waals surface area contributed by atoms with Crippen LogP contribution in [-0.4, -0.2) is 23.5 Å². The molecule has 0 bridgehead atoms. The van der Waals surface area contributed by atoms with Crippen molar-refractivity contribution >= 4 is 28.8 Å². The summed E-state index contributed by atoms with van der Waals surface area (Å²) in [5, 5.41) is 3.09. The van der Waals surface area contributed by atoms with E-state index < -0.39 is 30.0 Å². The molecule has 0 fully saturated rings.